The standard InChI is InChI=1S/C19H16N4O2S/c1-2-22(19-21-14-8-4-6-10-16(14)26-19)18(25)12-23-15-9-5-3-7-13(15)20-11-17(23)24/h3-11H,2,12H2,1H3. The third kappa shape index (κ3) is 2.86. The summed E-state index contributed by atoms with van der Waals surface area (Å²) in [7, 11) is 0. The number of amides is 1. The highest BCUT2D eigenvalue weighted by atomic mass is 32.1. The summed E-state index contributed by atoms with van der Waals surface area (Å²) in [6.45, 7) is 2.33. The molecule has 2 heterocycles. The highest BCUT2D eigenvalue weighted by Crippen LogP contribution is 2.28. The second-order valence-electron chi connectivity index (χ2n) is 5.77. The molecule has 0 aliphatic rings. The zero-order valence-electron chi connectivity index (χ0n) is 14.1. The molecule has 0 aliphatic heterocycles. The fraction of sp³-hybridized carbons (Fsp3) is 0.158. The molecule has 7 heteroatoms. The molecule has 0 fully saturated rings. The van der Waals surface area contributed by atoms with E-state index in [4.69, 9.17) is 0 Å². The van der Waals surface area contributed by atoms with Gasteiger partial charge >= 0.3 is 0 Å². The largest absolute Gasteiger partial charge is 0.296 e. The number of fused-ring (bicyclic) bond motifs is 2. The quantitative estimate of drug-likeness (QED) is 0.558. The predicted octanol–water partition coefficient (Wildman–Crippen LogP) is 3.06. The Balaban J connectivity index is 1.71. The Morgan fingerprint density at radius 1 is 1.12 bits per heavy atom. The third-order valence-electron chi connectivity index (χ3n) is 4.18. The van der Waals surface area contributed by atoms with Crippen LogP contribution in [0.1, 0.15) is 6.92 Å². The van der Waals surface area contributed by atoms with Gasteiger partial charge in [0.2, 0.25) is 5.91 Å². The van der Waals surface area contributed by atoms with E-state index in [1.165, 1.54) is 22.1 Å². The van der Waals surface area contributed by atoms with E-state index in [-0.39, 0.29) is 18.0 Å². The molecular formula is C19H16N4O2S. The van der Waals surface area contributed by atoms with Crippen molar-refractivity contribution < 1.29 is 4.79 Å². The summed E-state index contributed by atoms with van der Waals surface area (Å²) < 4.78 is 2.49. The first-order chi connectivity index (χ1) is 12.7. The lowest BCUT2D eigenvalue weighted by atomic mass is 10.3. The first-order valence-corrected chi connectivity index (χ1v) is 9.09. The number of anilines is 1. The number of benzene rings is 2. The summed E-state index contributed by atoms with van der Waals surface area (Å²) in [5, 5.41) is 0.644. The fourth-order valence-electron chi connectivity index (χ4n) is 2.89. The van der Waals surface area contributed by atoms with E-state index in [9.17, 15) is 9.59 Å². The highest BCUT2D eigenvalue weighted by Gasteiger charge is 2.19. The molecular weight excluding hydrogens is 348 g/mol. The van der Waals surface area contributed by atoms with Crippen LogP contribution >= 0.6 is 11.3 Å². The molecule has 4 aromatic rings. The maximum absolute atomic E-state index is 12.9. The van der Waals surface area contributed by atoms with Crippen molar-refractivity contribution in [3.63, 3.8) is 0 Å². The first-order valence-electron chi connectivity index (χ1n) is 8.28. The molecule has 0 saturated carbocycles. The minimum Gasteiger partial charge on any atom is -0.296 e. The Kier molecular flexibility index (Phi) is 4.22. The molecule has 1 amide bonds. The van der Waals surface area contributed by atoms with Crippen LogP contribution in [-0.4, -0.2) is 27.0 Å². The summed E-state index contributed by atoms with van der Waals surface area (Å²) >= 11 is 1.47. The minimum atomic E-state index is -0.294. The predicted molar refractivity (Wildman–Crippen MR) is 104 cm³/mol. The lowest BCUT2D eigenvalue weighted by Crippen LogP contribution is -2.36. The molecule has 0 saturated heterocycles. The summed E-state index contributed by atoms with van der Waals surface area (Å²) in [6.07, 6.45) is 1.25. The van der Waals surface area contributed by atoms with Gasteiger partial charge in [0.25, 0.3) is 5.56 Å². The van der Waals surface area contributed by atoms with Crippen molar-refractivity contribution in [1.29, 1.82) is 0 Å². The van der Waals surface area contributed by atoms with Crippen molar-refractivity contribution in [3.05, 3.63) is 65.1 Å². The Hall–Kier alpha value is -3.06. The molecule has 130 valence electrons. The first kappa shape index (κ1) is 16.4. The number of para-hydroxylation sites is 3. The van der Waals surface area contributed by atoms with Gasteiger partial charge in [0.05, 0.1) is 27.4 Å². The number of thiazole rings is 1. The number of aromatic nitrogens is 3. The smallest absolute Gasteiger partial charge is 0.269 e. The molecule has 4 rings (SSSR count). The van der Waals surface area contributed by atoms with Gasteiger partial charge in [-0.15, -0.1) is 0 Å². The van der Waals surface area contributed by atoms with Crippen molar-refractivity contribution in [1.82, 2.24) is 14.5 Å². The second-order valence-corrected chi connectivity index (χ2v) is 6.78. The van der Waals surface area contributed by atoms with E-state index in [1.54, 1.807) is 11.0 Å². The molecule has 6 nitrogen and oxygen atoms in total. The monoisotopic (exact) mass is 364 g/mol. The number of rotatable bonds is 4. The van der Waals surface area contributed by atoms with Crippen LogP contribution in [0.2, 0.25) is 0 Å². The Bertz CT molecular complexity index is 1130. The maximum Gasteiger partial charge on any atom is 0.269 e. The van der Waals surface area contributed by atoms with Crippen molar-refractivity contribution >= 4 is 43.6 Å². The van der Waals surface area contributed by atoms with Gasteiger partial charge in [-0.3, -0.25) is 19.1 Å². The van der Waals surface area contributed by atoms with E-state index in [2.05, 4.69) is 9.97 Å². The highest BCUT2D eigenvalue weighted by molar-refractivity contribution is 7.22. The Morgan fingerprint density at radius 2 is 1.85 bits per heavy atom. The summed E-state index contributed by atoms with van der Waals surface area (Å²) in [6, 6.07) is 15.1. The normalized spacial score (nSPS) is 11.1. The molecule has 0 radical (unpaired) electrons. The number of hydrogen-bond donors (Lipinski definition) is 0. The van der Waals surface area contributed by atoms with E-state index >= 15 is 0 Å². The van der Waals surface area contributed by atoms with Crippen LogP contribution in [0.25, 0.3) is 21.3 Å². The van der Waals surface area contributed by atoms with E-state index in [1.807, 2.05) is 49.4 Å². The van der Waals surface area contributed by atoms with E-state index < -0.39 is 0 Å². The number of hydrogen-bond acceptors (Lipinski definition) is 5. The van der Waals surface area contributed by atoms with Crippen LogP contribution in [0, 0.1) is 0 Å². The zero-order chi connectivity index (χ0) is 18.1. The third-order valence-corrected chi connectivity index (χ3v) is 5.24. The lowest BCUT2D eigenvalue weighted by molar-refractivity contribution is -0.119. The number of carbonyl (C=O) groups excluding carboxylic acids is 1. The van der Waals surface area contributed by atoms with Crippen molar-refractivity contribution in [2.75, 3.05) is 11.4 Å². The zero-order valence-corrected chi connectivity index (χ0v) is 14.9. The molecule has 2 aromatic heterocycles. The van der Waals surface area contributed by atoms with Gasteiger partial charge in [-0.2, -0.15) is 0 Å². The number of likely N-dealkylation sites (N-methyl/N-ethyl adjacent to an activating group) is 1. The summed E-state index contributed by atoms with van der Waals surface area (Å²) in [5.41, 5.74) is 1.90. The summed E-state index contributed by atoms with van der Waals surface area (Å²) in [4.78, 5) is 35.5. The molecule has 0 N–H and O–H groups in total. The van der Waals surface area contributed by atoms with Crippen LogP contribution in [0.3, 0.4) is 0 Å². The van der Waals surface area contributed by atoms with Crippen LogP contribution in [-0.2, 0) is 11.3 Å². The molecule has 26 heavy (non-hydrogen) atoms. The molecule has 0 unspecified atom stereocenters. The molecule has 2 aromatic carbocycles. The van der Waals surface area contributed by atoms with Crippen LogP contribution in [0.5, 0.6) is 0 Å². The molecule has 0 aliphatic carbocycles. The SMILES string of the molecule is CCN(C(=O)Cn1c(=O)cnc2ccccc21)c1nc2ccccc2s1. The lowest BCUT2D eigenvalue weighted by Gasteiger charge is -2.18. The molecule has 0 atom stereocenters. The minimum absolute atomic E-state index is 0.0500. The van der Waals surface area contributed by atoms with Crippen LogP contribution < -0.4 is 10.5 Å². The number of carbonyl (C=O) groups is 1. The Morgan fingerprint density at radius 3 is 2.62 bits per heavy atom. The van der Waals surface area contributed by atoms with E-state index in [0.717, 1.165) is 10.2 Å². The topological polar surface area (TPSA) is 68.1 Å². The van der Waals surface area contributed by atoms with Gasteiger partial charge < -0.3 is 0 Å². The van der Waals surface area contributed by atoms with Crippen molar-refractivity contribution in [3.8, 4) is 0 Å². The average molecular weight is 364 g/mol. The van der Waals surface area contributed by atoms with E-state index in [0.29, 0.717) is 22.7 Å². The molecule has 0 spiro atoms. The Labute approximate surface area is 153 Å². The van der Waals surface area contributed by atoms with Crippen LogP contribution in [0.15, 0.2) is 59.5 Å². The average Bonchev–Trinajstić information content (AvgIpc) is 3.08. The van der Waals surface area contributed by atoms with Gasteiger partial charge in [0, 0.05) is 6.54 Å². The second kappa shape index (κ2) is 6.68. The van der Waals surface area contributed by atoms with Crippen LogP contribution in [0.4, 0.5) is 5.13 Å². The van der Waals surface area contributed by atoms with Crippen molar-refractivity contribution in [2.45, 2.75) is 13.5 Å². The number of nitrogens with zero attached hydrogens (tertiary/aromatic N) is 4. The van der Waals surface area contributed by atoms with Gasteiger partial charge in [0.1, 0.15) is 6.54 Å². The summed E-state index contributed by atoms with van der Waals surface area (Å²) in [5.74, 6) is -0.176. The van der Waals surface area contributed by atoms with Crippen molar-refractivity contribution in [2.24, 2.45) is 0 Å². The van der Waals surface area contributed by atoms with Gasteiger partial charge in [-0.25, -0.2) is 9.97 Å². The fourth-order valence-corrected chi connectivity index (χ4v) is 3.94. The molecule has 0 bridgehead atoms. The van der Waals surface area contributed by atoms with Gasteiger partial charge in [-0.1, -0.05) is 35.6 Å². The van der Waals surface area contributed by atoms with Gasteiger partial charge in [-0.05, 0) is 31.2 Å². The van der Waals surface area contributed by atoms with Gasteiger partial charge in [0.15, 0.2) is 5.13 Å². The maximum atomic E-state index is 12.9.